The second kappa shape index (κ2) is 8.61. The molecule has 1 aromatic carbocycles. The van der Waals surface area contributed by atoms with Crippen LogP contribution in [-0.4, -0.2) is 35.1 Å². The van der Waals surface area contributed by atoms with Crippen LogP contribution in [0.5, 0.6) is 0 Å². The predicted octanol–water partition coefficient (Wildman–Crippen LogP) is 4.62. The third-order valence-corrected chi connectivity index (χ3v) is 4.40. The molecule has 0 aliphatic heterocycles. The Labute approximate surface area is 146 Å². The van der Waals surface area contributed by atoms with Gasteiger partial charge in [0.2, 0.25) is 0 Å². The third-order valence-electron chi connectivity index (χ3n) is 3.61. The number of aromatic nitrogens is 1. The van der Waals surface area contributed by atoms with Crippen molar-refractivity contribution in [3.8, 4) is 0 Å². The van der Waals surface area contributed by atoms with Crippen LogP contribution in [0.2, 0.25) is 0 Å². The van der Waals surface area contributed by atoms with Crippen molar-refractivity contribution in [3.63, 3.8) is 0 Å². The highest BCUT2D eigenvalue weighted by Crippen LogP contribution is 2.25. The van der Waals surface area contributed by atoms with Crippen LogP contribution < -0.4 is 5.32 Å². The molecule has 0 fully saturated rings. The van der Waals surface area contributed by atoms with Gasteiger partial charge in [-0.25, -0.2) is 14.4 Å². The van der Waals surface area contributed by atoms with Gasteiger partial charge < -0.3 is 10.3 Å². The van der Waals surface area contributed by atoms with E-state index in [4.69, 9.17) is 0 Å². The molecule has 4 nitrogen and oxygen atoms in total. The van der Waals surface area contributed by atoms with Crippen LogP contribution in [0, 0.1) is 5.82 Å². The lowest BCUT2D eigenvalue weighted by atomic mass is 10.2. The molecular weight excluding hydrogens is 323 g/mol. The number of hydrogen-bond donors (Lipinski definition) is 1. The molecule has 0 spiro atoms. The summed E-state index contributed by atoms with van der Waals surface area (Å²) in [4.78, 5) is 4.21. The quantitative estimate of drug-likeness (QED) is 0.408. The summed E-state index contributed by atoms with van der Waals surface area (Å²) in [6, 6.07) is 3.19. The van der Waals surface area contributed by atoms with Crippen molar-refractivity contribution < 1.29 is 4.39 Å². The van der Waals surface area contributed by atoms with E-state index in [0.29, 0.717) is 11.4 Å². The maximum Gasteiger partial charge on any atom is 0.148 e. The molecule has 2 rings (SSSR count). The summed E-state index contributed by atoms with van der Waals surface area (Å²) in [6.07, 6.45) is 6.55. The number of rotatable bonds is 9. The molecule has 0 amide bonds. The lowest BCUT2D eigenvalue weighted by molar-refractivity contribution is 0.0554. The molecule has 1 aromatic heterocycles. The van der Waals surface area contributed by atoms with Gasteiger partial charge in [-0.15, -0.1) is 17.9 Å². The number of allylic oxidation sites excluding steroid dienone is 1. The molecule has 0 bridgehead atoms. The Balaban J connectivity index is 2.00. The van der Waals surface area contributed by atoms with E-state index in [-0.39, 0.29) is 5.82 Å². The molecule has 0 saturated heterocycles. The number of nitrogens with zero attached hydrogens (tertiary/aromatic N) is 3. The fourth-order valence-electron chi connectivity index (χ4n) is 2.26. The number of benzene rings is 1. The minimum absolute atomic E-state index is 0.309. The summed E-state index contributed by atoms with van der Waals surface area (Å²) in [5.74, 6) is -0.309. The Morgan fingerprint density at radius 1 is 1.46 bits per heavy atom. The fourth-order valence-corrected chi connectivity index (χ4v) is 2.94. The lowest BCUT2D eigenvalue weighted by Crippen LogP contribution is -2.36. The summed E-state index contributed by atoms with van der Waals surface area (Å²) >= 11 is 1.42. The van der Waals surface area contributed by atoms with Gasteiger partial charge in [-0.3, -0.25) is 0 Å². The number of halogens is 1. The summed E-state index contributed by atoms with van der Waals surface area (Å²) in [5.41, 5.74) is 3.47. The van der Waals surface area contributed by atoms with Crippen molar-refractivity contribution >= 4 is 27.2 Å². The third kappa shape index (κ3) is 4.66. The molecule has 2 aromatic rings. The average Bonchev–Trinajstić information content (AvgIpc) is 3.01. The SMILES string of the molecule is C=CCCN(CC)N(C)/C=C\C(=C)Nc1cc2ncsc2cc1F. The Kier molecular flexibility index (Phi) is 6.52. The summed E-state index contributed by atoms with van der Waals surface area (Å²) in [7, 11) is 1.97. The van der Waals surface area contributed by atoms with E-state index in [1.54, 1.807) is 11.6 Å². The molecule has 1 N–H and O–H groups in total. The van der Waals surface area contributed by atoms with Crippen molar-refractivity contribution in [1.29, 1.82) is 0 Å². The highest BCUT2D eigenvalue weighted by molar-refractivity contribution is 7.16. The molecule has 0 aliphatic rings. The van der Waals surface area contributed by atoms with Gasteiger partial charge in [-0.2, -0.15) is 0 Å². The Morgan fingerprint density at radius 2 is 2.25 bits per heavy atom. The predicted molar refractivity (Wildman–Crippen MR) is 101 cm³/mol. The first kappa shape index (κ1) is 18.2. The highest BCUT2D eigenvalue weighted by atomic mass is 32.1. The van der Waals surface area contributed by atoms with E-state index in [0.717, 1.165) is 29.7 Å². The topological polar surface area (TPSA) is 31.4 Å². The zero-order chi connectivity index (χ0) is 17.5. The average molecular weight is 346 g/mol. The van der Waals surface area contributed by atoms with E-state index < -0.39 is 0 Å². The summed E-state index contributed by atoms with van der Waals surface area (Å²) in [6.45, 7) is 11.6. The minimum Gasteiger partial charge on any atom is -0.354 e. The Bertz CT molecular complexity index is 738. The van der Waals surface area contributed by atoms with Gasteiger partial charge >= 0.3 is 0 Å². The smallest absolute Gasteiger partial charge is 0.148 e. The van der Waals surface area contributed by atoms with Crippen LogP contribution in [-0.2, 0) is 0 Å². The number of hydrogen-bond acceptors (Lipinski definition) is 5. The zero-order valence-electron chi connectivity index (χ0n) is 14.1. The largest absolute Gasteiger partial charge is 0.354 e. The number of hydrazine groups is 1. The first-order valence-electron chi connectivity index (χ1n) is 7.80. The maximum absolute atomic E-state index is 14.1. The number of fused-ring (bicyclic) bond motifs is 1. The minimum atomic E-state index is -0.309. The first-order chi connectivity index (χ1) is 11.5. The molecule has 0 saturated carbocycles. The van der Waals surface area contributed by atoms with Crippen LogP contribution in [0.15, 0.2) is 54.9 Å². The number of thiazole rings is 1. The van der Waals surface area contributed by atoms with Gasteiger partial charge in [0.05, 0.1) is 21.4 Å². The number of nitrogens with one attached hydrogen (secondary N) is 1. The van der Waals surface area contributed by atoms with Crippen LogP contribution in [0.4, 0.5) is 10.1 Å². The van der Waals surface area contributed by atoms with Crippen molar-refractivity contribution in [1.82, 2.24) is 15.0 Å². The Hall–Kier alpha value is -2.18. The van der Waals surface area contributed by atoms with E-state index in [1.165, 1.54) is 17.4 Å². The molecular formula is C18H23FN4S. The van der Waals surface area contributed by atoms with E-state index >= 15 is 0 Å². The zero-order valence-corrected chi connectivity index (χ0v) is 14.9. The monoisotopic (exact) mass is 346 g/mol. The van der Waals surface area contributed by atoms with E-state index in [9.17, 15) is 4.39 Å². The van der Waals surface area contributed by atoms with Gasteiger partial charge in [0.25, 0.3) is 0 Å². The van der Waals surface area contributed by atoms with Gasteiger partial charge in [-0.1, -0.05) is 19.6 Å². The summed E-state index contributed by atoms with van der Waals surface area (Å²) < 4.78 is 14.9. The maximum atomic E-state index is 14.1. The molecule has 0 aliphatic carbocycles. The van der Waals surface area contributed by atoms with Crippen molar-refractivity contribution in [2.45, 2.75) is 13.3 Å². The van der Waals surface area contributed by atoms with Crippen molar-refractivity contribution in [3.05, 3.63) is 60.7 Å². The molecule has 0 atom stereocenters. The van der Waals surface area contributed by atoms with Gasteiger partial charge in [0.1, 0.15) is 5.82 Å². The molecule has 0 radical (unpaired) electrons. The second-order valence-corrected chi connectivity index (χ2v) is 6.20. The molecule has 1 heterocycles. The fraction of sp³-hybridized carbons (Fsp3) is 0.278. The van der Waals surface area contributed by atoms with Gasteiger partial charge in [0.15, 0.2) is 0 Å². The molecule has 0 unspecified atom stereocenters. The van der Waals surface area contributed by atoms with Gasteiger partial charge in [-0.05, 0) is 24.6 Å². The molecule has 24 heavy (non-hydrogen) atoms. The van der Waals surface area contributed by atoms with Crippen LogP contribution in [0.3, 0.4) is 0 Å². The van der Waals surface area contributed by atoms with Crippen LogP contribution in [0.1, 0.15) is 13.3 Å². The van der Waals surface area contributed by atoms with E-state index in [2.05, 4.69) is 35.4 Å². The van der Waals surface area contributed by atoms with Gasteiger partial charge in [0, 0.05) is 32.0 Å². The van der Waals surface area contributed by atoms with Crippen LogP contribution >= 0.6 is 11.3 Å². The molecule has 128 valence electrons. The molecule has 6 heteroatoms. The van der Waals surface area contributed by atoms with Crippen LogP contribution in [0.25, 0.3) is 10.2 Å². The van der Waals surface area contributed by atoms with Crippen molar-refractivity contribution in [2.75, 3.05) is 25.5 Å². The normalized spacial score (nSPS) is 11.3. The standard InChI is InChI=1S/C18H23FN4S/c1-5-7-9-23(6-2)22(4)10-8-14(3)21-16-12-17-18(11-15(16)19)24-13-20-17/h5,8,10-13,21H,1,3,6-7,9H2,2,4H3/b10-8-. The number of anilines is 1. The first-order valence-corrected chi connectivity index (χ1v) is 8.68. The lowest BCUT2D eigenvalue weighted by Gasteiger charge is -2.29. The summed E-state index contributed by atoms with van der Waals surface area (Å²) in [5, 5.41) is 7.16. The van der Waals surface area contributed by atoms with Crippen molar-refractivity contribution in [2.24, 2.45) is 0 Å². The highest BCUT2D eigenvalue weighted by Gasteiger charge is 2.07. The van der Waals surface area contributed by atoms with E-state index in [1.807, 2.05) is 30.4 Å². The second-order valence-electron chi connectivity index (χ2n) is 5.32. The Morgan fingerprint density at radius 3 is 2.96 bits per heavy atom.